The number of aromatic nitrogens is 6. The lowest BCUT2D eigenvalue weighted by molar-refractivity contribution is 0.218. The first-order valence-corrected chi connectivity index (χ1v) is 13.3. The third-order valence-electron chi connectivity index (χ3n) is 7.45. The number of aryl methyl sites for hydroxylation is 3. The summed E-state index contributed by atoms with van der Waals surface area (Å²) in [7, 11) is 0. The maximum atomic E-state index is 6.45. The number of piperidine rings is 1. The molecule has 2 fully saturated rings. The molecule has 1 atom stereocenters. The van der Waals surface area contributed by atoms with Crippen LogP contribution in [-0.4, -0.2) is 67.0 Å². The van der Waals surface area contributed by atoms with Crippen molar-refractivity contribution in [3.05, 3.63) is 59.3 Å². The van der Waals surface area contributed by atoms with Crippen LogP contribution < -0.4 is 9.64 Å². The average Bonchev–Trinajstić information content (AvgIpc) is 3.54. The van der Waals surface area contributed by atoms with Crippen molar-refractivity contribution < 1.29 is 4.74 Å². The Morgan fingerprint density at radius 2 is 1.70 bits per heavy atom. The van der Waals surface area contributed by atoms with Crippen molar-refractivity contribution in [1.29, 1.82) is 0 Å². The van der Waals surface area contributed by atoms with Crippen molar-refractivity contribution in [1.82, 2.24) is 34.7 Å². The van der Waals surface area contributed by atoms with Gasteiger partial charge in [-0.3, -0.25) is 4.90 Å². The molecule has 6 rings (SSSR count). The largest absolute Gasteiger partial charge is 0.485 e. The Bertz CT molecular complexity index is 1380. The van der Waals surface area contributed by atoms with Crippen LogP contribution in [0.25, 0.3) is 17.0 Å². The minimum atomic E-state index is 0.0965. The standard InChI is InChI=1S/C28H34N8O/c1-19-27(20(2)36-28(29-19)30-21(3)33-36)37-25-13-16-35(18-25)24-10-7-22(8-11-24)26-12-9-23(31-32-26)17-34-14-5-4-6-15-34/h7-12,25H,4-6,13-18H2,1-3H3/t25-/m1/s1. The van der Waals surface area contributed by atoms with E-state index in [0.717, 1.165) is 60.1 Å². The topological polar surface area (TPSA) is 84.6 Å². The first-order valence-electron chi connectivity index (χ1n) is 13.3. The highest BCUT2D eigenvalue weighted by atomic mass is 16.5. The molecule has 1 aromatic carbocycles. The number of nitrogens with zero attached hydrogens (tertiary/aromatic N) is 8. The maximum Gasteiger partial charge on any atom is 0.253 e. The summed E-state index contributed by atoms with van der Waals surface area (Å²) < 4.78 is 8.22. The summed E-state index contributed by atoms with van der Waals surface area (Å²) in [6.07, 6.45) is 4.98. The Kier molecular flexibility index (Phi) is 6.46. The van der Waals surface area contributed by atoms with Crippen LogP contribution in [0.3, 0.4) is 0 Å². The van der Waals surface area contributed by atoms with E-state index in [-0.39, 0.29) is 6.10 Å². The number of hydrogen-bond donors (Lipinski definition) is 0. The lowest BCUT2D eigenvalue weighted by atomic mass is 10.1. The summed E-state index contributed by atoms with van der Waals surface area (Å²) >= 11 is 0. The van der Waals surface area contributed by atoms with Crippen molar-refractivity contribution in [2.45, 2.75) is 59.1 Å². The van der Waals surface area contributed by atoms with E-state index >= 15 is 0 Å². The van der Waals surface area contributed by atoms with Crippen molar-refractivity contribution in [3.8, 4) is 17.0 Å². The van der Waals surface area contributed by atoms with Gasteiger partial charge >= 0.3 is 0 Å². The number of fused-ring (bicyclic) bond motifs is 1. The van der Waals surface area contributed by atoms with Gasteiger partial charge in [-0.15, -0.1) is 5.10 Å². The number of ether oxygens (including phenoxy) is 1. The predicted octanol–water partition coefficient (Wildman–Crippen LogP) is 4.15. The molecular formula is C28H34N8O. The van der Waals surface area contributed by atoms with Gasteiger partial charge in [0.05, 0.1) is 29.3 Å². The average molecular weight is 499 g/mol. The van der Waals surface area contributed by atoms with Crippen LogP contribution in [0.1, 0.15) is 48.6 Å². The van der Waals surface area contributed by atoms with Gasteiger partial charge in [0, 0.05) is 30.8 Å². The van der Waals surface area contributed by atoms with Gasteiger partial charge in [0.15, 0.2) is 5.75 Å². The number of likely N-dealkylation sites (tertiary alicyclic amines) is 1. The van der Waals surface area contributed by atoms with Gasteiger partial charge in [-0.25, -0.2) is 4.98 Å². The monoisotopic (exact) mass is 498 g/mol. The van der Waals surface area contributed by atoms with Crippen LogP contribution >= 0.6 is 0 Å². The van der Waals surface area contributed by atoms with Crippen molar-refractivity contribution in [3.63, 3.8) is 0 Å². The summed E-state index contributed by atoms with van der Waals surface area (Å²) in [4.78, 5) is 13.8. The SMILES string of the molecule is Cc1nc2nc(C)c(O[C@@H]3CCN(c4ccc(-c5ccc(CN6CCCCC6)nn5)cc4)C3)c(C)n2n1. The van der Waals surface area contributed by atoms with E-state index in [4.69, 9.17) is 4.74 Å². The molecule has 0 aliphatic carbocycles. The smallest absolute Gasteiger partial charge is 0.253 e. The minimum absolute atomic E-state index is 0.0965. The molecule has 2 saturated heterocycles. The van der Waals surface area contributed by atoms with Gasteiger partial charge in [0.25, 0.3) is 5.78 Å². The van der Waals surface area contributed by atoms with E-state index in [1.54, 1.807) is 4.52 Å². The molecule has 0 radical (unpaired) electrons. The summed E-state index contributed by atoms with van der Waals surface area (Å²) in [6, 6.07) is 12.8. The predicted molar refractivity (Wildman–Crippen MR) is 143 cm³/mol. The van der Waals surface area contributed by atoms with Gasteiger partial charge in [0.1, 0.15) is 11.9 Å². The number of hydrogen-bond acceptors (Lipinski definition) is 8. The Balaban J connectivity index is 1.09. The molecule has 9 heteroatoms. The van der Waals surface area contributed by atoms with Crippen LogP contribution in [0.2, 0.25) is 0 Å². The highest BCUT2D eigenvalue weighted by Crippen LogP contribution is 2.29. The molecule has 0 bridgehead atoms. The third kappa shape index (κ3) is 5.00. The first kappa shape index (κ1) is 23.8. The summed E-state index contributed by atoms with van der Waals surface area (Å²) in [5.41, 5.74) is 6.02. The molecule has 0 N–H and O–H groups in total. The molecule has 37 heavy (non-hydrogen) atoms. The Hall–Kier alpha value is -3.59. The summed E-state index contributed by atoms with van der Waals surface area (Å²) in [6.45, 7) is 10.9. The zero-order valence-corrected chi connectivity index (χ0v) is 21.9. The quantitative estimate of drug-likeness (QED) is 0.392. The van der Waals surface area contributed by atoms with E-state index in [0.29, 0.717) is 11.6 Å². The first-order chi connectivity index (χ1) is 18.0. The van der Waals surface area contributed by atoms with Crippen LogP contribution in [0.15, 0.2) is 36.4 Å². The molecule has 9 nitrogen and oxygen atoms in total. The highest BCUT2D eigenvalue weighted by molar-refractivity contribution is 5.63. The van der Waals surface area contributed by atoms with Gasteiger partial charge in [-0.1, -0.05) is 18.6 Å². The van der Waals surface area contributed by atoms with Crippen LogP contribution in [0.4, 0.5) is 5.69 Å². The number of benzene rings is 1. The molecule has 3 aromatic heterocycles. The van der Waals surface area contributed by atoms with Gasteiger partial charge in [-0.05, 0) is 71.0 Å². The van der Waals surface area contributed by atoms with Crippen molar-refractivity contribution in [2.24, 2.45) is 0 Å². The van der Waals surface area contributed by atoms with E-state index in [2.05, 4.69) is 71.5 Å². The van der Waals surface area contributed by atoms with Gasteiger partial charge in [-0.2, -0.15) is 19.7 Å². The Morgan fingerprint density at radius 3 is 2.46 bits per heavy atom. The fraction of sp³-hybridized carbons (Fsp3) is 0.464. The lowest BCUT2D eigenvalue weighted by Crippen LogP contribution is -2.29. The van der Waals surface area contributed by atoms with E-state index in [1.165, 1.54) is 38.0 Å². The minimum Gasteiger partial charge on any atom is -0.485 e. The molecule has 2 aliphatic heterocycles. The molecule has 0 amide bonds. The fourth-order valence-corrected chi connectivity index (χ4v) is 5.44. The molecule has 0 saturated carbocycles. The van der Waals surface area contributed by atoms with E-state index in [1.807, 2.05) is 20.8 Å². The molecule has 4 aromatic rings. The van der Waals surface area contributed by atoms with Gasteiger partial charge < -0.3 is 9.64 Å². The molecular weight excluding hydrogens is 464 g/mol. The zero-order valence-electron chi connectivity index (χ0n) is 21.9. The molecule has 192 valence electrons. The van der Waals surface area contributed by atoms with Crippen LogP contribution in [-0.2, 0) is 6.54 Å². The third-order valence-corrected chi connectivity index (χ3v) is 7.45. The summed E-state index contributed by atoms with van der Waals surface area (Å²) in [5, 5.41) is 13.5. The second-order valence-corrected chi connectivity index (χ2v) is 10.3. The van der Waals surface area contributed by atoms with Gasteiger partial charge in [0.2, 0.25) is 0 Å². The number of anilines is 1. The second kappa shape index (κ2) is 10.0. The molecule has 0 spiro atoms. The highest BCUT2D eigenvalue weighted by Gasteiger charge is 2.26. The van der Waals surface area contributed by atoms with Crippen LogP contribution in [0, 0.1) is 20.8 Å². The zero-order chi connectivity index (χ0) is 25.4. The maximum absolute atomic E-state index is 6.45. The van der Waals surface area contributed by atoms with Crippen LogP contribution in [0.5, 0.6) is 5.75 Å². The summed E-state index contributed by atoms with van der Waals surface area (Å²) in [5.74, 6) is 2.14. The number of rotatable bonds is 6. The molecule has 0 unspecified atom stereocenters. The normalized spacial score (nSPS) is 18.6. The van der Waals surface area contributed by atoms with E-state index < -0.39 is 0 Å². The Morgan fingerprint density at radius 1 is 0.892 bits per heavy atom. The lowest BCUT2D eigenvalue weighted by Gasteiger charge is -2.25. The fourth-order valence-electron chi connectivity index (χ4n) is 5.44. The van der Waals surface area contributed by atoms with E-state index in [9.17, 15) is 0 Å². The van der Waals surface area contributed by atoms with Crippen molar-refractivity contribution in [2.75, 3.05) is 31.1 Å². The molecule has 5 heterocycles. The molecule has 2 aliphatic rings. The second-order valence-electron chi connectivity index (χ2n) is 10.3. The Labute approximate surface area is 217 Å². The van der Waals surface area contributed by atoms with Crippen molar-refractivity contribution >= 4 is 11.5 Å².